The van der Waals surface area contributed by atoms with Crippen molar-refractivity contribution >= 4 is 5.97 Å². The predicted molar refractivity (Wildman–Crippen MR) is 10.7 cm³/mol. The van der Waals surface area contributed by atoms with Crippen LogP contribution < -0.4 is 5.11 Å². The third-order valence-electron chi connectivity index (χ3n) is 0. The number of carboxylic acids is 1. The molecule has 0 bridgehead atoms. The first-order valence-corrected chi connectivity index (χ1v) is 0.908. The van der Waals surface area contributed by atoms with Gasteiger partial charge in [0.1, 0.15) is 0 Å². The van der Waals surface area contributed by atoms with Crippen LogP contribution in [0.15, 0.2) is 0 Å². The molecule has 0 aliphatic carbocycles. The van der Waals surface area contributed by atoms with Gasteiger partial charge in [-0.15, -0.1) is 0 Å². The smallest absolute Gasteiger partial charge is 0.550 e. The minimum Gasteiger partial charge on any atom is -0.550 e. The molecule has 0 saturated carbocycles. The fourth-order valence-electron chi connectivity index (χ4n) is 0. The second-order valence-corrected chi connectivity index (χ2v) is 0.492. The van der Waals surface area contributed by atoms with E-state index in [1.165, 1.54) is 0 Å². The molecule has 0 unspecified atom stereocenters. The van der Waals surface area contributed by atoms with Crippen LogP contribution in [0.2, 0.25) is 0 Å². The molecule has 5 heavy (non-hydrogen) atoms. The van der Waals surface area contributed by atoms with Gasteiger partial charge in [0.05, 0.1) is 0 Å². The second-order valence-electron chi connectivity index (χ2n) is 0.492. The largest absolute Gasteiger partial charge is 3.00 e. The molecule has 0 fully saturated rings. The molecule has 0 rings (SSSR count). The monoisotopic (exact) mass is 199 g/mol. The molecule has 3 heteroatoms. The Morgan fingerprint density at radius 1 is 1.80 bits per heavy atom. The molecule has 0 amide bonds. The Morgan fingerprint density at radius 2 is 1.80 bits per heavy atom. The molecular weight excluding hydrogens is 196 g/mol. The van der Waals surface area contributed by atoms with Crippen molar-refractivity contribution in [1.29, 1.82) is 0 Å². The molecule has 0 spiro atoms. The first-order valence-electron chi connectivity index (χ1n) is 0.908. The molecule has 0 N–H and O–H groups in total. The molecule has 0 aromatic rings. The Kier molecular flexibility index (Phi) is 9.00. The van der Waals surface area contributed by atoms with Crippen molar-refractivity contribution in [2.75, 3.05) is 0 Å². The molecule has 0 aliphatic heterocycles. The van der Waals surface area contributed by atoms with Crippen LogP contribution in [0.1, 0.15) is 6.92 Å². The van der Waals surface area contributed by atoms with Gasteiger partial charge in [0.25, 0.3) is 0 Å². The minimum absolute atomic E-state index is 0. The standard InChI is InChI=1S/C2H4O2.Ce/c1-2(3)4;/h1H3,(H,3,4);/q;+3/p-1. The van der Waals surface area contributed by atoms with Crippen molar-refractivity contribution in [1.82, 2.24) is 0 Å². The third-order valence-corrected chi connectivity index (χ3v) is 0. The molecule has 0 saturated heterocycles. The Morgan fingerprint density at radius 3 is 1.80 bits per heavy atom. The van der Waals surface area contributed by atoms with E-state index in [1.54, 1.807) is 0 Å². The van der Waals surface area contributed by atoms with E-state index >= 15 is 0 Å². The third kappa shape index (κ3) is 54.8. The zero-order valence-corrected chi connectivity index (χ0v) is 5.96. The minimum atomic E-state index is -1.08. The first-order chi connectivity index (χ1) is 1.73. The van der Waals surface area contributed by atoms with Crippen LogP contribution in [0.4, 0.5) is 0 Å². The van der Waals surface area contributed by atoms with Crippen LogP contribution in [-0.2, 0) is 4.79 Å². The van der Waals surface area contributed by atoms with Crippen LogP contribution in [0.3, 0.4) is 0 Å². The number of aliphatic carboxylic acids is 1. The van der Waals surface area contributed by atoms with Crippen LogP contribution in [-0.4, -0.2) is 5.97 Å². The number of carbonyl (C=O) groups excluding carboxylic acids is 1. The molecule has 0 aliphatic rings. The predicted octanol–water partition coefficient (Wildman–Crippen LogP) is -1.24. The molecule has 1 radical (unpaired) electrons. The van der Waals surface area contributed by atoms with Crippen molar-refractivity contribution in [3.05, 3.63) is 0 Å². The SMILES string of the molecule is CC(=O)[O-].[Ce+3]. The fourth-order valence-corrected chi connectivity index (χ4v) is 0. The Bertz CT molecular complexity index is 30.6. The van der Waals surface area contributed by atoms with E-state index in [1.807, 2.05) is 0 Å². The Balaban J connectivity index is 0. The molecule has 0 aromatic heterocycles. The van der Waals surface area contributed by atoms with Crippen LogP contribution >= 0.6 is 0 Å². The van der Waals surface area contributed by atoms with Gasteiger partial charge in [-0.25, -0.2) is 0 Å². The van der Waals surface area contributed by atoms with Crippen molar-refractivity contribution in [2.24, 2.45) is 0 Å². The van der Waals surface area contributed by atoms with Crippen LogP contribution in [0, 0.1) is 41.7 Å². The summed E-state index contributed by atoms with van der Waals surface area (Å²) in [4.78, 5) is 8.89. The zero-order chi connectivity index (χ0) is 3.58. The van der Waals surface area contributed by atoms with Gasteiger partial charge in [-0.2, -0.15) is 0 Å². The van der Waals surface area contributed by atoms with E-state index < -0.39 is 5.97 Å². The maximum absolute atomic E-state index is 8.89. The molecule has 0 atom stereocenters. The van der Waals surface area contributed by atoms with Gasteiger partial charge in [-0.05, 0) is 6.92 Å². The van der Waals surface area contributed by atoms with E-state index in [9.17, 15) is 0 Å². The number of carboxylic acid groups (broad SMARTS) is 1. The first kappa shape index (κ1) is 9.28. The van der Waals surface area contributed by atoms with Crippen molar-refractivity contribution in [3.8, 4) is 0 Å². The average molecular weight is 199 g/mol. The van der Waals surface area contributed by atoms with E-state index in [0.717, 1.165) is 6.92 Å². The number of hydrogen-bond donors (Lipinski definition) is 0. The van der Waals surface area contributed by atoms with Gasteiger partial charge < -0.3 is 9.90 Å². The molecule has 0 heterocycles. The van der Waals surface area contributed by atoms with Gasteiger partial charge in [0.15, 0.2) is 0 Å². The topological polar surface area (TPSA) is 40.1 Å². The summed E-state index contributed by atoms with van der Waals surface area (Å²) in [6, 6.07) is 0. The second kappa shape index (κ2) is 4.85. The maximum Gasteiger partial charge on any atom is 3.00 e. The van der Waals surface area contributed by atoms with Gasteiger partial charge >= 0.3 is 41.7 Å². The summed E-state index contributed by atoms with van der Waals surface area (Å²) >= 11 is 0. The maximum atomic E-state index is 8.89. The molecule has 0 aromatic carbocycles. The molecule has 25 valence electrons. The van der Waals surface area contributed by atoms with Crippen LogP contribution in [0.5, 0.6) is 0 Å². The summed E-state index contributed by atoms with van der Waals surface area (Å²) in [7, 11) is 0. The van der Waals surface area contributed by atoms with Gasteiger partial charge in [-0.3, -0.25) is 0 Å². The Hall–Kier alpha value is 0.847. The van der Waals surface area contributed by atoms with Crippen molar-refractivity contribution in [3.63, 3.8) is 0 Å². The summed E-state index contributed by atoms with van der Waals surface area (Å²) < 4.78 is 0. The van der Waals surface area contributed by atoms with Crippen LogP contribution in [0.25, 0.3) is 0 Å². The van der Waals surface area contributed by atoms with E-state index in [0.29, 0.717) is 0 Å². The number of hydrogen-bond acceptors (Lipinski definition) is 2. The van der Waals surface area contributed by atoms with Crippen molar-refractivity contribution in [2.45, 2.75) is 6.92 Å². The summed E-state index contributed by atoms with van der Waals surface area (Å²) in [6.45, 7) is 0.972. The summed E-state index contributed by atoms with van der Waals surface area (Å²) in [5.74, 6) is -1.08. The van der Waals surface area contributed by atoms with Crippen molar-refractivity contribution < 1.29 is 51.6 Å². The normalized spacial score (nSPS) is 5.00. The summed E-state index contributed by atoms with van der Waals surface area (Å²) in [5, 5.41) is 8.89. The Labute approximate surface area is 63.9 Å². The zero-order valence-electron chi connectivity index (χ0n) is 2.82. The summed E-state index contributed by atoms with van der Waals surface area (Å²) in [5.41, 5.74) is 0. The molecular formula is C2H3CeO2+2. The summed E-state index contributed by atoms with van der Waals surface area (Å²) in [6.07, 6.45) is 0. The van der Waals surface area contributed by atoms with Gasteiger partial charge in [0, 0.05) is 5.97 Å². The number of carbonyl (C=O) groups is 1. The van der Waals surface area contributed by atoms with E-state index in [4.69, 9.17) is 9.90 Å². The van der Waals surface area contributed by atoms with Gasteiger partial charge in [-0.1, -0.05) is 0 Å². The van der Waals surface area contributed by atoms with Gasteiger partial charge in [0.2, 0.25) is 0 Å². The average Bonchev–Trinajstić information content (AvgIpc) is 0.811. The number of rotatable bonds is 0. The van der Waals surface area contributed by atoms with E-state index in [-0.39, 0.29) is 41.7 Å². The fraction of sp³-hybridized carbons (Fsp3) is 0.500. The van der Waals surface area contributed by atoms with E-state index in [2.05, 4.69) is 0 Å². The molecule has 2 nitrogen and oxygen atoms in total. The quantitative estimate of drug-likeness (QED) is 0.489.